The number of amidine groups is 1. The SMILES string of the molecule is Clc1ccc2c(c1)C(c1ccccc1)=NCC1=NN=CCN12. The largest absolute Gasteiger partial charge is 0.321 e. The molecule has 2 heterocycles. The molecule has 0 atom stereocenters. The van der Waals surface area contributed by atoms with Gasteiger partial charge in [-0.05, 0) is 18.2 Å². The van der Waals surface area contributed by atoms with Crippen LogP contribution in [-0.2, 0) is 0 Å². The number of rotatable bonds is 1. The van der Waals surface area contributed by atoms with E-state index in [1.54, 1.807) is 6.21 Å². The molecule has 0 radical (unpaired) electrons. The van der Waals surface area contributed by atoms with Crippen LogP contribution in [0, 0.1) is 0 Å². The Morgan fingerprint density at radius 2 is 1.91 bits per heavy atom. The van der Waals surface area contributed by atoms with Crippen LogP contribution in [0.1, 0.15) is 11.1 Å². The van der Waals surface area contributed by atoms with E-state index in [2.05, 4.69) is 27.2 Å². The number of anilines is 1. The fourth-order valence-electron chi connectivity index (χ4n) is 2.75. The zero-order chi connectivity index (χ0) is 14.9. The van der Waals surface area contributed by atoms with E-state index >= 15 is 0 Å². The fourth-order valence-corrected chi connectivity index (χ4v) is 2.92. The summed E-state index contributed by atoms with van der Waals surface area (Å²) in [6.07, 6.45) is 1.80. The summed E-state index contributed by atoms with van der Waals surface area (Å²) in [4.78, 5) is 6.91. The highest BCUT2D eigenvalue weighted by molar-refractivity contribution is 6.32. The number of hydrogen-bond acceptors (Lipinski definition) is 4. The second-order valence-electron chi connectivity index (χ2n) is 5.12. The predicted molar refractivity (Wildman–Crippen MR) is 91.7 cm³/mol. The molecule has 4 rings (SSSR count). The van der Waals surface area contributed by atoms with Crippen molar-refractivity contribution in [2.24, 2.45) is 15.2 Å². The summed E-state index contributed by atoms with van der Waals surface area (Å²) in [5.74, 6) is 0.858. The average Bonchev–Trinajstić information content (AvgIpc) is 2.72. The maximum atomic E-state index is 6.23. The first-order chi connectivity index (χ1) is 10.8. The van der Waals surface area contributed by atoms with Crippen LogP contribution in [0.3, 0.4) is 0 Å². The summed E-state index contributed by atoms with van der Waals surface area (Å²) < 4.78 is 0. The lowest BCUT2D eigenvalue weighted by molar-refractivity contribution is 1.05. The Labute approximate surface area is 133 Å². The zero-order valence-electron chi connectivity index (χ0n) is 11.8. The lowest BCUT2D eigenvalue weighted by Gasteiger charge is -2.25. The summed E-state index contributed by atoms with van der Waals surface area (Å²) >= 11 is 6.23. The lowest BCUT2D eigenvalue weighted by atomic mass is 10.00. The molecular weight excluding hydrogens is 296 g/mol. The highest BCUT2D eigenvalue weighted by Crippen LogP contribution is 2.30. The summed E-state index contributed by atoms with van der Waals surface area (Å²) in [6.45, 7) is 1.21. The van der Waals surface area contributed by atoms with Crippen LogP contribution in [0.15, 0.2) is 63.7 Å². The minimum Gasteiger partial charge on any atom is -0.321 e. The van der Waals surface area contributed by atoms with Gasteiger partial charge in [-0.25, -0.2) is 0 Å². The molecule has 0 bridgehead atoms. The first-order valence-corrected chi connectivity index (χ1v) is 7.46. The average molecular weight is 309 g/mol. The molecule has 0 amide bonds. The highest BCUT2D eigenvalue weighted by atomic mass is 35.5. The first kappa shape index (κ1) is 13.2. The molecule has 0 unspecified atom stereocenters. The molecule has 0 fully saturated rings. The number of hydrogen-bond donors (Lipinski definition) is 0. The van der Waals surface area contributed by atoms with E-state index in [1.165, 1.54) is 0 Å². The van der Waals surface area contributed by atoms with Crippen molar-refractivity contribution < 1.29 is 0 Å². The Morgan fingerprint density at radius 3 is 2.77 bits per heavy atom. The number of halogens is 1. The normalized spacial score (nSPS) is 16.3. The van der Waals surface area contributed by atoms with Gasteiger partial charge in [-0.2, -0.15) is 5.10 Å². The van der Waals surface area contributed by atoms with E-state index in [4.69, 9.17) is 16.6 Å². The van der Waals surface area contributed by atoms with Gasteiger partial charge in [-0.1, -0.05) is 41.9 Å². The van der Waals surface area contributed by atoms with Crippen molar-refractivity contribution in [1.29, 1.82) is 0 Å². The zero-order valence-corrected chi connectivity index (χ0v) is 12.5. The second-order valence-corrected chi connectivity index (χ2v) is 5.55. The third-order valence-electron chi connectivity index (χ3n) is 3.76. The van der Waals surface area contributed by atoms with Crippen molar-refractivity contribution in [1.82, 2.24) is 0 Å². The molecule has 0 aliphatic carbocycles. The van der Waals surface area contributed by atoms with Gasteiger partial charge in [0.2, 0.25) is 0 Å². The summed E-state index contributed by atoms with van der Waals surface area (Å²) in [5.41, 5.74) is 4.11. The van der Waals surface area contributed by atoms with Crippen molar-refractivity contribution in [3.05, 3.63) is 64.7 Å². The van der Waals surface area contributed by atoms with Crippen molar-refractivity contribution in [2.75, 3.05) is 18.0 Å². The van der Waals surface area contributed by atoms with Crippen LogP contribution in [0.25, 0.3) is 0 Å². The molecule has 22 heavy (non-hydrogen) atoms. The van der Waals surface area contributed by atoms with Gasteiger partial charge in [0.1, 0.15) is 0 Å². The van der Waals surface area contributed by atoms with Crippen molar-refractivity contribution in [2.45, 2.75) is 0 Å². The molecule has 4 nitrogen and oxygen atoms in total. The molecule has 0 saturated carbocycles. The number of aliphatic imine (C=N–C) groups is 1. The quantitative estimate of drug-likeness (QED) is 0.796. The van der Waals surface area contributed by atoms with Crippen LogP contribution in [-0.4, -0.2) is 30.9 Å². The maximum absolute atomic E-state index is 6.23. The van der Waals surface area contributed by atoms with Crippen LogP contribution in [0.2, 0.25) is 5.02 Å². The van der Waals surface area contributed by atoms with Gasteiger partial charge < -0.3 is 4.90 Å². The summed E-state index contributed by atoms with van der Waals surface area (Å²) in [7, 11) is 0. The van der Waals surface area contributed by atoms with Gasteiger partial charge in [-0.3, -0.25) is 4.99 Å². The smallest absolute Gasteiger partial charge is 0.154 e. The van der Waals surface area contributed by atoms with E-state index in [-0.39, 0.29) is 0 Å². The molecular formula is C17H13ClN4. The fraction of sp³-hybridized carbons (Fsp3) is 0.118. The third kappa shape index (κ3) is 2.22. The van der Waals surface area contributed by atoms with Crippen LogP contribution >= 0.6 is 11.6 Å². The molecule has 5 heteroatoms. The highest BCUT2D eigenvalue weighted by Gasteiger charge is 2.24. The topological polar surface area (TPSA) is 40.3 Å². The molecule has 0 spiro atoms. The molecule has 2 aliphatic rings. The Morgan fingerprint density at radius 1 is 1.05 bits per heavy atom. The number of benzene rings is 2. The van der Waals surface area contributed by atoms with E-state index in [9.17, 15) is 0 Å². The maximum Gasteiger partial charge on any atom is 0.154 e. The van der Waals surface area contributed by atoms with Gasteiger partial charge in [0.05, 0.1) is 24.5 Å². The Hall–Kier alpha value is -2.46. The molecule has 2 aromatic rings. The van der Waals surface area contributed by atoms with Crippen molar-refractivity contribution >= 4 is 35.1 Å². The van der Waals surface area contributed by atoms with Gasteiger partial charge in [0.15, 0.2) is 5.84 Å². The first-order valence-electron chi connectivity index (χ1n) is 7.08. The number of nitrogens with zero attached hydrogens (tertiary/aromatic N) is 4. The monoisotopic (exact) mass is 308 g/mol. The Kier molecular flexibility index (Phi) is 3.24. The standard InChI is InChI=1S/C17H13ClN4/c18-13-6-7-15-14(10-13)17(12-4-2-1-3-5-12)19-11-16-21-20-8-9-22(15)16/h1-8,10H,9,11H2. The number of fused-ring (bicyclic) bond motifs is 3. The molecule has 2 aromatic carbocycles. The summed E-state index contributed by atoms with van der Waals surface area (Å²) in [6, 6.07) is 16.0. The second kappa shape index (κ2) is 5.39. The van der Waals surface area contributed by atoms with E-state index in [0.717, 1.165) is 28.4 Å². The lowest BCUT2D eigenvalue weighted by Crippen LogP contribution is -2.36. The van der Waals surface area contributed by atoms with Crippen LogP contribution in [0.5, 0.6) is 0 Å². The minimum absolute atomic E-state index is 0.508. The molecule has 0 saturated heterocycles. The molecule has 0 N–H and O–H groups in total. The van der Waals surface area contributed by atoms with Gasteiger partial charge in [0.25, 0.3) is 0 Å². The molecule has 108 valence electrons. The Bertz CT molecular complexity index is 809. The third-order valence-corrected chi connectivity index (χ3v) is 4.00. The summed E-state index contributed by atoms with van der Waals surface area (Å²) in [5, 5.41) is 8.95. The van der Waals surface area contributed by atoms with Gasteiger partial charge in [-0.15, -0.1) is 5.10 Å². The van der Waals surface area contributed by atoms with Gasteiger partial charge in [0, 0.05) is 22.4 Å². The van der Waals surface area contributed by atoms with Crippen molar-refractivity contribution in [3.8, 4) is 0 Å². The van der Waals surface area contributed by atoms with Crippen LogP contribution in [0.4, 0.5) is 5.69 Å². The van der Waals surface area contributed by atoms with E-state index in [0.29, 0.717) is 18.1 Å². The molecule has 0 aromatic heterocycles. The van der Waals surface area contributed by atoms with E-state index in [1.807, 2.05) is 36.4 Å². The predicted octanol–water partition coefficient (Wildman–Crippen LogP) is 3.40. The molecule has 2 aliphatic heterocycles. The Balaban J connectivity index is 1.94. The van der Waals surface area contributed by atoms with Crippen molar-refractivity contribution in [3.63, 3.8) is 0 Å². The van der Waals surface area contributed by atoms with Crippen LogP contribution < -0.4 is 4.90 Å². The van der Waals surface area contributed by atoms with Gasteiger partial charge >= 0.3 is 0 Å². The minimum atomic E-state index is 0.508. The van der Waals surface area contributed by atoms with E-state index < -0.39 is 0 Å².